The Labute approximate surface area is 114 Å². The molecule has 1 amide bonds. The lowest BCUT2D eigenvalue weighted by molar-refractivity contribution is -0.142. The van der Waals surface area contributed by atoms with Crippen molar-refractivity contribution in [3.05, 3.63) is 16.1 Å². The van der Waals surface area contributed by atoms with Crippen LogP contribution < -0.4 is 11.1 Å². The van der Waals surface area contributed by atoms with Crippen molar-refractivity contribution in [2.75, 3.05) is 13.2 Å². The number of aromatic nitrogens is 1. The number of carbonyl (C=O) groups excluding carboxylic acids is 1. The summed E-state index contributed by atoms with van der Waals surface area (Å²) in [6, 6.07) is -1.28. The van der Waals surface area contributed by atoms with Gasteiger partial charge in [0.1, 0.15) is 6.04 Å². The predicted octanol–water partition coefficient (Wildman–Crippen LogP) is -0.861. The van der Waals surface area contributed by atoms with Crippen molar-refractivity contribution < 1.29 is 19.8 Å². The molecule has 0 saturated heterocycles. The summed E-state index contributed by atoms with van der Waals surface area (Å²) in [6.45, 7) is -0.0495. The van der Waals surface area contributed by atoms with Crippen molar-refractivity contribution in [2.45, 2.75) is 25.3 Å². The van der Waals surface area contributed by atoms with Crippen LogP contribution in [-0.2, 0) is 22.4 Å². The number of aliphatic hydroxyl groups is 1. The van der Waals surface area contributed by atoms with Crippen molar-refractivity contribution in [1.82, 2.24) is 10.3 Å². The van der Waals surface area contributed by atoms with E-state index in [1.54, 1.807) is 5.38 Å². The summed E-state index contributed by atoms with van der Waals surface area (Å²) in [7, 11) is 0. The molecule has 19 heavy (non-hydrogen) atoms. The first-order valence-corrected chi connectivity index (χ1v) is 6.71. The Kier molecular flexibility index (Phi) is 6.40. The zero-order valence-corrected chi connectivity index (χ0v) is 11.2. The van der Waals surface area contributed by atoms with E-state index >= 15 is 0 Å². The summed E-state index contributed by atoms with van der Waals surface area (Å²) in [4.78, 5) is 26.5. The molecule has 0 aliphatic rings. The molecule has 7 nitrogen and oxygen atoms in total. The Morgan fingerprint density at radius 1 is 1.53 bits per heavy atom. The van der Waals surface area contributed by atoms with E-state index in [9.17, 15) is 9.59 Å². The third-order valence-electron chi connectivity index (χ3n) is 2.35. The molecule has 106 valence electrons. The van der Waals surface area contributed by atoms with Crippen molar-refractivity contribution in [2.24, 2.45) is 5.73 Å². The third kappa shape index (κ3) is 5.33. The summed E-state index contributed by atoms with van der Waals surface area (Å²) < 4.78 is 0. The molecular weight excluding hydrogens is 270 g/mol. The van der Waals surface area contributed by atoms with Crippen molar-refractivity contribution >= 4 is 23.2 Å². The number of amides is 1. The molecule has 1 heterocycles. The first-order valence-electron chi connectivity index (χ1n) is 5.83. The van der Waals surface area contributed by atoms with E-state index in [4.69, 9.17) is 15.9 Å². The highest BCUT2D eigenvalue weighted by Gasteiger charge is 2.19. The molecule has 5 N–H and O–H groups in total. The molecule has 0 aromatic carbocycles. The highest BCUT2D eigenvalue weighted by atomic mass is 32.1. The Hall–Kier alpha value is -1.51. The van der Waals surface area contributed by atoms with Crippen LogP contribution in [0, 0.1) is 0 Å². The molecule has 1 aromatic heterocycles. The summed E-state index contributed by atoms with van der Waals surface area (Å²) in [5.74, 6) is -1.74. The minimum absolute atomic E-state index is 0.00288. The van der Waals surface area contributed by atoms with Gasteiger partial charge in [-0.25, -0.2) is 9.78 Å². The summed E-state index contributed by atoms with van der Waals surface area (Å²) in [6.07, 6.45) is 1.62. The van der Waals surface area contributed by atoms with Gasteiger partial charge in [-0.2, -0.15) is 0 Å². The number of thiazole rings is 1. The van der Waals surface area contributed by atoms with Gasteiger partial charge in [0, 0.05) is 11.8 Å². The van der Waals surface area contributed by atoms with E-state index in [1.165, 1.54) is 11.3 Å². The second-order valence-electron chi connectivity index (χ2n) is 3.94. The van der Waals surface area contributed by atoms with Gasteiger partial charge >= 0.3 is 5.97 Å². The van der Waals surface area contributed by atoms with Crippen LogP contribution >= 0.6 is 11.3 Å². The number of hydrogen-bond donors (Lipinski definition) is 4. The van der Waals surface area contributed by atoms with Crippen LogP contribution in [0.15, 0.2) is 5.38 Å². The number of nitrogens with two attached hydrogens (primary N) is 1. The van der Waals surface area contributed by atoms with E-state index in [1.807, 2.05) is 0 Å². The topological polar surface area (TPSA) is 126 Å². The molecule has 0 aliphatic heterocycles. The van der Waals surface area contributed by atoms with Gasteiger partial charge in [-0.1, -0.05) is 0 Å². The van der Waals surface area contributed by atoms with Gasteiger partial charge in [0.05, 0.1) is 23.7 Å². The largest absolute Gasteiger partial charge is 0.480 e. The van der Waals surface area contributed by atoms with Crippen molar-refractivity contribution in [3.63, 3.8) is 0 Å². The number of nitrogens with one attached hydrogen (secondary N) is 1. The van der Waals surface area contributed by atoms with Crippen molar-refractivity contribution in [1.29, 1.82) is 0 Å². The van der Waals surface area contributed by atoms with Crippen LogP contribution in [0.5, 0.6) is 0 Å². The van der Waals surface area contributed by atoms with Crippen molar-refractivity contribution in [3.8, 4) is 0 Å². The molecule has 1 atom stereocenters. The molecule has 0 bridgehead atoms. The lowest BCUT2D eigenvalue weighted by Crippen LogP contribution is -2.43. The molecule has 1 unspecified atom stereocenters. The summed E-state index contributed by atoms with van der Waals surface area (Å²) in [5.41, 5.74) is 5.99. The van der Waals surface area contributed by atoms with Gasteiger partial charge in [0.2, 0.25) is 5.91 Å². The van der Waals surface area contributed by atoms with E-state index in [2.05, 4.69) is 10.3 Å². The molecule has 1 rings (SSSR count). The second kappa shape index (κ2) is 7.82. The minimum Gasteiger partial charge on any atom is -0.480 e. The number of hydrogen-bond acceptors (Lipinski definition) is 6. The van der Waals surface area contributed by atoms with Gasteiger partial charge in [0.25, 0.3) is 0 Å². The maximum absolute atomic E-state index is 11.6. The molecule has 1 aromatic rings. The minimum atomic E-state index is -1.28. The number of aliphatic carboxylic acids is 1. The van der Waals surface area contributed by atoms with Gasteiger partial charge in [-0.05, 0) is 13.0 Å². The first kappa shape index (κ1) is 15.5. The Bertz CT molecular complexity index is 435. The zero-order chi connectivity index (χ0) is 14.3. The molecule has 0 radical (unpaired) electrons. The number of carbonyl (C=O) groups is 2. The molecule has 0 fully saturated rings. The van der Waals surface area contributed by atoms with Gasteiger partial charge in [-0.15, -0.1) is 11.3 Å². The number of carboxylic acid groups (broad SMARTS) is 1. The lowest BCUT2D eigenvalue weighted by Gasteiger charge is -2.10. The molecule has 0 saturated carbocycles. The number of nitrogens with zero attached hydrogens (tertiary/aromatic N) is 1. The maximum atomic E-state index is 11.6. The van der Waals surface area contributed by atoms with E-state index in [0.29, 0.717) is 12.2 Å². The first-order chi connectivity index (χ1) is 9.06. The highest BCUT2D eigenvalue weighted by Crippen LogP contribution is 2.12. The lowest BCUT2D eigenvalue weighted by atomic mass is 10.2. The van der Waals surface area contributed by atoms with Crippen LogP contribution in [0.4, 0.5) is 0 Å². The number of carboxylic acids is 1. The molecule has 0 aliphatic carbocycles. The highest BCUT2D eigenvalue weighted by molar-refractivity contribution is 7.09. The predicted molar refractivity (Wildman–Crippen MR) is 69.8 cm³/mol. The summed E-state index contributed by atoms with van der Waals surface area (Å²) >= 11 is 1.45. The number of rotatable bonds is 8. The molecule has 0 spiro atoms. The van der Waals surface area contributed by atoms with Crippen LogP contribution in [0.3, 0.4) is 0 Å². The SMILES string of the molecule is NCCCc1nc(CC(=O)NC(CO)C(=O)O)cs1. The van der Waals surface area contributed by atoms with E-state index in [-0.39, 0.29) is 6.42 Å². The number of aliphatic hydroxyl groups excluding tert-OH is 1. The Balaban J connectivity index is 2.47. The Morgan fingerprint density at radius 2 is 2.26 bits per heavy atom. The Morgan fingerprint density at radius 3 is 2.84 bits per heavy atom. The second-order valence-corrected chi connectivity index (χ2v) is 4.89. The number of aryl methyl sites for hydroxylation is 1. The summed E-state index contributed by atoms with van der Waals surface area (Å²) in [5, 5.41) is 22.4. The fraction of sp³-hybridized carbons (Fsp3) is 0.545. The normalized spacial score (nSPS) is 12.1. The maximum Gasteiger partial charge on any atom is 0.328 e. The fourth-order valence-corrected chi connectivity index (χ4v) is 2.23. The van der Waals surface area contributed by atoms with Crippen LogP contribution in [0.1, 0.15) is 17.1 Å². The standard InChI is InChI=1S/C11H17N3O4S/c12-3-1-2-10-13-7(6-19-10)4-9(16)14-8(5-15)11(17)18/h6,8,15H,1-5,12H2,(H,14,16)(H,17,18). The third-order valence-corrected chi connectivity index (χ3v) is 3.31. The molecule has 8 heteroatoms. The smallest absolute Gasteiger partial charge is 0.328 e. The average molecular weight is 287 g/mol. The molecular formula is C11H17N3O4S. The van der Waals surface area contributed by atoms with Crippen LogP contribution in [-0.4, -0.2) is 46.3 Å². The monoisotopic (exact) mass is 287 g/mol. The zero-order valence-electron chi connectivity index (χ0n) is 10.3. The van der Waals surface area contributed by atoms with Gasteiger partial charge < -0.3 is 21.3 Å². The quantitative estimate of drug-likeness (QED) is 0.493. The average Bonchev–Trinajstić information content (AvgIpc) is 2.80. The van der Waals surface area contributed by atoms with Crippen LogP contribution in [0.25, 0.3) is 0 Å². The van der Waals surface area contributed by atoms with Gasteiger partial charge in [-0.3, -0.25) is 4.79 Å². The van der Waals surface area contributed by atoms with Crippen LogP contribution in [0.2, 0.25) is 0 Å². The fourth-order valence-electron chi connectivity index (χ4n) is 1.39. The van der Waals surface area contributed by atoms with Gasteiger partial charge in [0.15, 0.2) is 0 Å². The van der Waals surface area contributed by atoms with E-state index < -0.39 is 24.5 Å². The van der Waals surface area contributed by atoms with E-state index in [0.717, 1.165) is 17.8 Å².